The lowest BCUT2D eigenvalue weighted by Crippen LogP contribution is -2.31. The van der Waals surface area contributed by atoms with Gasteiger partial charge in [0.1, 0.15) is 0 Å². The summed E-state index contributed by atoms with van der Waals surface area (Å²) in [7, 11) is 0. The van der Waals surface area contributed by atoms with E-state index in [1.54, 1.807) is 19.9 Å². The molecule has 6 nitrogen and oxygen atoms in total. The van der Waals surface area contributed by atoms with Crippen LogP contribution in [0.25, 0.3) is 11.3 Å². The second-order valence-electron chi connectivity index (χ2n) is 6.52. The fourth-order valence-electron chi connectivity index (χ4n) is 3.21. The summed E-state index contributed by atoms with van der Waals surface area (Å²) < 4.78 is 6.18. The van der Waals surface area contributed by atoms with Crippen molar-refractivity contribution in [1.29, 1.82) is 0 Å². The first-order chi connectivity index (χ1) is 12.6. The predicted molar refractivity (Wildman–Crippen MR) is 101 cm³/mol. The van der Waals surface area contributed by atoms with Gasteiger partial charge in [0.05, 0.1) is 12.3 Å². The van der Waals surface area contributed by atoms with Crippen LogP contribution in [-0.4, -0.2) is 35.4 Å². The zero-order valence-corrected chi connectivity index (χ0v) is 15.4. The van der Waals surface area contributed by atoms with Crippen LogP contribution in [0.4, 0.5) is 5.69 Å². The monoisotopic (exact) mass is 355 g/mol. The van der Waals surface area contributed by atoms with Gasteiger partial charge in [-0.2, -0.15) is 5.10 Å². The molecule has 2 aromatic rings. The van der Waals surface area contributed by atoms with Crippen molar-refractivity contribution in [3.8, 4) is 11.3 Å². The highest BCUT2D eigenvalue weighted by molar-refractivity contribution is 5.73. The predicted octanol–water partition coefficient (Wildman–Crippen LogP) is 3.02. The van der Waals surface area contributed by atoms with Gasteiger partial charge in [0, 0.05) is 30.4 Å². The van der Waals surface area contributed by atoms with Crippen molar-refractivity contribution >= 4 is 11.7 Å². The van der Waals surface area contributed by atoms with Crippen LogP contribution in [0, 0.1) is 0 Å². The molecule has 138 valence electrons. The third-order valence-corrected chi connectivity index (χ3v) is 4.70. The second kappa shape index (κ2) is 8.17. The molecular formula is C20H25N3O3. The maximum absolute atomic E-state index is 12.1. The van der Waals surface area contributed by atoms with Gasteiger partial charge in [-0.25, -0.2) is 9.48 Å². The Hall–Kier alpha value is -2.63. The lowest BCUT2D eigenvalue weighted by Gasteiger charge is -2.28. The van der Waals surface area contributed by atoms with E-state index in [2.05, 4.69) is 22.1 Å². The number of hydrogen-bond donors (Lipinski definition) is 0. The Morgan fingerprint density at radius 1 is 1.12 bits per heavy atom. The normalized spacial score (nSPS) is 15.5. The fraction of sp³-hybridized carbons (Fsp3) is 0.450. The Kier molecular flexibility index (Phi) is 5.71. The summed E-state index contributed by atoms with van der Waals surface area (Å²) in [6, 6.07) is 10.6. The largest absolute Gasteiger partial charge is 0.464 e. The minimum Gasteiger partial charge on any atom is -0.464 e. The van der Waals surface area contributed by atoms with Crippen molar-refractivity contribution < 1.29 is 9.53 Å². The number of nitrogens with zero attached hydrogens (tertiary/aromatic N) is 3. The van der Waals surface area contributed by atoms with E-state index in [1.807, 2.05) is 12.1 Å². The van der Waals surface area contributed by atoms with Crippen LogP contribution in [0.1, 0.15) is 39.2 Å². The van der Waals surface area contributed by atoms with Crippen molar-refractivity contribution in [2.45, 2.75) is 39.2 Å². The fourth-order valence-corrected chi connectivity index (χ4v) is 3.21. The van der Waals surface area contributed by atoms with Gasteiger partial charge >= 0.3 is 5.97 Å². The Morgan fingerprint density at radius 3 is 2.46 bits per heavy atom. The lowest BCUT2D eigenvalue weighted by molar-refractivity contribution is -0.147. The topological polar surface area (TPSA) is 64.4 Å². The molecule has 26 heavy (non-hydrogen) atoms. The average molecular weight is 355 g/mol. The van der Waals surface area contributed by atoms with E-state index in [0.29, 0.717) is 5.69 Å². The molecule has 1 aromatic carbocycles. The van der Waals surface area contributed by atoms with Crippen molar-refractivity contribution in [2.24, 2.45) is 0 Å². The van der Waals surface area contributed by atoms with E-state index in [9.17, 15) is 9.59 Å². The lowest BCUT2D eigenvalue weighted by atomic mass is 10.1. The molecule has 1 aromatic heterocycles. The Bertz CT molecular complexity index is 808. The zero-order chi connectivity index (χ0) is 18.5. The number of rotatable bonds is 5. The van der Waals surface area contributed by atoms with Gasteiger partial charge in [-0.05, 0) is 51.3 Å². The van der Waals surface area contributed by atoms with Crippen molar-refractivity contribution in [1.82, 2.24) is 9.78 Å². The standard InChI is InChI=1S/C20H25N3O3/c1-3-26-20(25)15(2)23-19(24)12-11-18(21-23)16-7-9-17(10-8-16)22-13-5-4-6-14-22/h7-12,15H,3-6,13-14H2,1-2H3/t15-/m1/s1. The number of esters is 1. The molecule has 0 amide bonds. The molecule has 0 unspecified atom stereocenters. The Morgan fingerprint density at radius 2 is 1.81 bits per heavy atom. The maximum atomic E-state index is 12.1. The van der Waals surface area contributed by atoms with E-state index in [0.717, 1.165) is 18.7 Å². The van der Waals surface area contributed by atoms with Gasteiger partial charge in [-0.15, -0.1) is 0 Å². The highest BCUT2D eigenvalue weighted by Crippen LogP contribution is 2.24. The molecule has 0 N–H and O–H groups in total. The summed E-state index contributed by atoms with van der Waals surface area (Å²) in [6.07, 6.45) is 3.78. The molecule has 0 saturated carbocycles. The van der Waals surface area contributed by atoms with Crippen LogP contribution in [0.15, 0.2) is 41.2 Å². The van der Waals surface area contributed by atoms with E-state index in [4.69, 9.17) is 4.74 Å². The third kappa shape index (κ3) is 3.95. The van der Waals surface area contributed by atoms with Gasteiger partial charge in [-0.3, -0.25) is 4.79 Å². The molecule has 0 radical (unpaired) electrons. The number of ether oxygens (including phenoxy) is 1. The molecule has 0 spiro atoms. The van der Waals surface area contributed by atoms with Crippen LogP contribution in [0.3, 0.4) is 0 Å². The molecule has 1 saturated heterocycles. The van der Waals surface area contributed by atoms with Gasteiger partial charge in [-0.1, -0.05) is 12.1 Å². The summed E-state index contributed by atoms with van der Waals surface area (Å²) >= 11 is 0. The molecule has 1 aliphatic rings. The molecular weight excluding hydrogens is 330 g/mol. The molecule has 1 fully saturated rings. The van der Waals surface area contributed by atoms with E-state index in [-0.39, 0.29) is 12.2 Å². The zero-order valence-electron chi connectivity index (χ0n) is 15.4. The molecule has 0 aliphatic carbocycles. The van der Waals surface area contributed by atoms with Crippen molar-refractivity contribution in [3.63, 3.8) is 0 Å². The van der Waals surface area contributed by atoms with E-state index < -0.39 is 12.0 Å². The van der Waals surface area contributed by atoms with Gasteiger partial charge < -0.3 is 9.64 Å². The number of piperidine rings is 1. The molecule has 2 heterocycles. The van der Waals surface area contributed by atoms with Crippen LogP contribution < -0.4 is 10.5 Å². The summed E-state index contributed by atoms with van der Waals surface area (Å²) in [5.74, 6) is -0.459. The number of hydrogen-bond acceptors (Lipinski definition) is 5. The van der Waals surface area contributed by atoms with Gasteiger partial charge in [0.25, 0.3) is 5.56 Å². The van der Waals surface area contributed by atoms with Crippen LogP contribution >= 0.6 is 0 Å². The van der Waals surface area contributed by atoms with Crippen LogP contribution in [0.5, 0.6) is 0 Å². The maximum Gasteiger partial charge on any atom is 0.330 e. The first-order valence-electron chi connectivity index (χ1n) is 9.22. The third-order valence-electron chi connectivity index (χ3n) is 4.70. The smallest absolute Gasteiger partial charge is 0.330 e. The molecule has 6 heteroatoms. The van der Waals surface area contributed by atoms with Crippen LogP contribution in [0.2, 0.25) is 0 Å². The highest BCUT2D eigenvalue weighted by Gasteiger charge is 2.19. The summed E-state index contributed by atoms with van der Waals surface area (Å²) in [5.41, 5.74) is 2.46. The summed E-state index contributed by atoms with van der Waals surface area (Å²) in [6.45, 7) is 5.82. The van der Waals surface area contributed by atoms with Crippen molar-refractivity contribution in [2.75, 3.05) is 24.6 Å². The van der Waals surface area contributed by atoms with Gasteiger partial charge in [0.2, 0.25) is 0 Å². The molecule has 3 rings (SSSR count). The molecule has 1 atom stereocenters. The average Bonchev–Trinajstić information content (AvgIpc) is 2.69. The number of anilines is 1. The summed E-state index contributed by atoms with van der Waals surface area (Å²) in [4.78, 5) is 26.4. The first kappa shape index (κ1) is 18.2. The molecule has 1 aliphatic heterocycles. The van der Waals surface area contributed by atoms with Crippen molar-refractivity contribution in [3.05, 3.63) is 46.8 Å². The van der Waals surface area contributed by atoms with Crippen LogP contribution in [-0.2, 0) is 9.53 Å². The number of carbonyl (C=O) groups is 1. The quantitative estimate of drug-likeness (QED) is 0.772. The number of benzene rings is 1. The van der Waals surface area contributed by atoms with E-state index in [1.165, 1.54) is 35.7 Å². The second-order valence-corrected chi connectivity index (χ2v) is 6.52. The Labute approximate surface area is 153 Å². The Balaban J connectivity index is 1.84. The van der Waals surface area contributed by atoms with E-state index >= 15 is 0 Å². The first-order valence-corrected chi connectivity index (χ1v) is 9.22. The number of aromatic nitrogens is 2. The SMILES string of the molecule is CCOC(=O)[C@@H](C)n1nc(-c2ccc(N3CCCCC3)cc2)ccc1=O. The highest BCUT2D eigenvalue weighted by atomic mass is 16.5. The molecule has 0 bridgehead atoms. The van der Waals surface area contributed by atoms with Gasteiger partial charge in [0.15, 0.2) is 6.04 Å². The minimum atomic E-state index is -0.755. The number of carbonyl (C=O) groups excluding carboxylic acids is 1. The summed E-state index contributed by atoms with van der Waals surface area (Å²) in [5, 5.41) is 4.38. The minimum absolute atomic E-state index is 0.273.